The first kappa shape index (κ1) is 18.5. The Balaban J connectivity index is 1.73. The van der Waals surface area contributed by atoms with Gasteiger partial charge in [-0.2, -0.15) is 5.10 Å². The molecule has 29 heavy (non-hydrogen) atoms. The predicted octanol–water partition coefficient (Wildman–Crippen LogP) is 3.66. The van der Waals surface area contributed by atoms with Crippen LogP contribution in [0, 0.1) is 10.1 Å². The minimum absolute atomic E-state index is 0.103. The fourth-order valence-corrected chi connectivity index (χ4v) is 3.24. The van der Waals surface area contributed by atoms with Crippen LogP contribution in [-0.2, 0) is 6.54 Å². The molecule has 8 heteroatoms. The van der Waals surface area contributed by atoms with Crippen LogP contribution in [0.2, 0.25) is 0 Å². The van der Waals surface area contributed by atoms with Crippen LogP contribution < -0.4 is 5.56 Å². The van der Waals surface area contributed by atoms with Crippen molar-refractivity contribution < 1.29 is 4.92 Å². The Hall–Kier alpha value is -3.81. The third-order valence-electron chi connectivity index (χ3n) is 4.86. The molecule has 0 spiro atoms. The lowest BCUT2D eigenvalue weighted by Crippen LogP contribution is -2.21. The average molecular weight is 389 g/mol. The molecule has 0 saturated carbocycles. The van der Waals surface area contributed by atoms with E-state index in [4.69, 9.17) is 0 Å². The van der Waals surface area contributed by atoms with Crippen LogP contribution in [-0.4, -0.2) is 24.3 Å². The van der Waals surface area contributed by atoms with Crippen molar-refractivity contribution in [1.82, 2.24) is 19.3 Å². The Morgan fingerprint density at radius 1 is 1.10 bits per heavy atom. The highest BCUT2D eigenvalue weighted by molar-refractivity contribution is 5.76. The molecular weight excluding hydrogens is 370 g/mol. The first-order valence-electron chi connectivity index (χ1n) is 9.21. The molecule has 0 aliphatic heterocycles. The van der Waals surface area contributed by atoms with Gasteiger partial charge in [0.2, 0.25) is 0 Å². The van der Waals surface area contributed by atoms with Crippen LogP contribution in [0.4, 0.5) is 5.69 Å². The van der Waals surface area contributed by atoms with Crippen LogP contribution in [0.25, 0.3) is 16.7 Å². The molecule has 2 aromatic heterocycles. The van der Waals surface area contributed by atoms with Crippen molar-refractivity contribution in [2.24, 2.45) is 0 Å². The van der Waals surface area contributed by atoms with Gasteiger partial charge < -0.3 is 0 Å². The molecule has 146 valence electrons. The van der Waals surface area contributed by atoms with E-state index >= 15 is 0 Å². The smallest absolute Gasteiger partial charge is 0.294 e. The Labute approximate surface area is 166 Å². The van der Waals surface area contributed by atoms with Crippen molar-refractivity contribution in [3.63, 3.8) is 0 Å². The molecule has 0 unspecified atom stereocenters. The van der Waals surface area contributed by atoms with Gasteiger partial charge >= 0.3 is 0 Å². The number of hydrogen-bond donors (Lipinski definition) is 0. The number of aromatic nitrogens is 4. The number of rotatable bonds is 5. The van der Waals surface area contributed by atoms with Gasteiger partial charge in [-0.15, -0.1) is 0 Å². The zero-order valence-electron chi connectivity index (χ0n) is 16.0. The summed E-state index contributed by atoms with van der Waals surface area (Å²) in [5.74, 6) is 0.442. The second-order valence-corrected chi connectivity index (χ2v) is 7.11. The normalized spacial score (nSPS) is 11.3. The summed E-state index contributed by atoms with van der Waals surface area (Å²) in [5, 5.41) is 15.8. The van der Waals surface area contributed by atoms with Crippen molar-refractivity contribution in [2.75, 3.05) is 0 Å². The molecular formula is C21H19N5O3. The van der Waals surface area contributed by atoms with E-state index in [2.05, 4.69) is 36.1 Å². The summed E-state index contributed by atoms with van der Waals surface area (Å²) in [7, 11) is 0. The number of nitrogens with zero attached hydrogens (tertiary/aromatic N) is 5. The largest absolute Gasteiger partial charge is 0.294 e. The van der Waals surface area contributed by atoms with Gasteiger partial charge in [0, 0.05) is 6.07 Å². The Morgan fingerprint density at radius 2 is 1.83 bits per heavy atom. The van der Waals surface area contributed by atoms with Gasteiger partial charge in [0.25, 0.3) is 11.2 Å². The number of benzene rings is 2. The van der Waals surface area contributed by atoms with Gasteiger partial charge in [-0.25, -0.2) is 9.67 Å². The Bertz CT molecular complexity index is 1260. The number of nitro groups is 1. The van der Waals surface area contributed by atoms with Crippen molar-refractivity contribution in [3.05, 3.63) is 92.7 Å². The molecule has 2 heterocycles. The summed E-state index contributed by atoms with van der Waals surface area (Å²) >= 11 is 0. The summed E-state index contributed by atoms with van der Waals surface area (Å²) in [5.41, 5.74) is 2.43. The fourth-order valence-electron chi connectivity index (χ4n) is 3.24. The summed E-state index contributed by atoms with van der Waals surface area (Å²) in [4.78, 5) is 28.1. The second-order valence-electron chi connectivity index (χ2n) is 7.11. The fraction of sp³-hybridized carbons (Fsp3) is 0.190. The zero-order chi connectivity index (χ0) is 20.5. The van der Waals surface area contributed by atoms with E-state index in [1.54, 1.807) is 18.2 Å². The molecule has 4 rings (SSSR count). The van der Waals surface area contributed by atoms with Crippen molar-refractivity contribution in [3.8, 4) is 5.69 Å². The number of nitro benzene ring substituents is 1. The summed E-state index contributed by atoms with van der Waals surface area (Å²) in [6, 6.07) is 14.4. The maximum Gasteiger partial charge on any atom is 0.294 e. The van der Waals surface area contributed by atoms with Gasteiger partial charge in [0.1, 0.15) is 17.4 Å². The van der Waals surface area contributed by atoms with E-state index in [1.807, 2.05) is 12.1 Å². The van der Waals surface area contributed by atoms with E-state index < -0.39 is 4.92 Å². The van der Waals surface area contributed by atoms with E-state index in [1.165, 1.54) is 33.4 Å². The monoisotopic (exact) mass is 389 g/mol. The standard InChI is InChI=1S/C21H19N5O3/c1-14(2)16-9-7-15(8-10-16)12-24-13-22-20-17(21(24)27)11-23-25(20)18-5-3-4-6-19(18)26(28)29/h3-11,13-14H,12H2,1-2H3. The van der Waals surface area contributed by atoms with Gasteiger partial charge in [0.15, 0.2) is 5.65 Å². The quantitative estimate of drug-likeness (QED) is 0.383. The molecule has 0 fully saturated rings. The molecule has 0 bridgehead atoms. The predicted molar refractivity (Wildman–Crippen MR) is 109 cm³/mol. The van der Waals surface area contributed by atoms with Crippen molar-refractivity contribution >= 4 is 16.7 Å². The van der Waals surface area contributed by atoms with E-state index in [9.17, 15) is 14.9 Å². The van der Waals surface area contributed by atoms with Crippen LogP contribution >= 0.6 is 0 Å². The van der Waals surface area contributed by atoms with E-state index in [-0.39, 0.29) is 22.6 Å². The average Bonchev–Trinajstić information content (AvgIpc) is 3.15. The Kier molecular flexibility index (Phi) is 4.67. The highest BCUT2D eigenvalue weighted by Gasteiger charge is 2.19. The van der Waals surface area contributed by atoms with Gasteiger partial charge in [-0.3, -0.25) is 19.5 Å². The van der Waals surface area contributed by atoms with Crippen LogP contribution in [0.5, 0.6) is 0 Å². The number of fused-ring (bicyclic) bond motifs is 1. The maximum absolute atomic E-state index is 12.9. The van der Waals surface area contributed by atoms with Crippen LogP contribution in [0.3, 0.4) is 0 Å². The minimum atomic E-state index is -0.481. The molecule has 0 amide bonds. The first-order valence-corrected chi connectivity index (χ1v) is 9.21. The van der Waals surface area contributed by atoms with Gasteiger partial charge in [0.05, 0.1) is 17.7 Å². The third-order valence-corrected chi connectivity index (χ3v) is 4.86. The third kappa shape index (κ3) is 3.40. The number of para-hydroxylation sites is 2. The topological polar surface area (TPSA) is 95.8 Å². The second kappa shape index (κ2) is 7.31. The number of hydrogen-bond acceptors (Lipinski definition) is 5. The molecule has 0 saturated heterocycles. The first-order chi connectivity index (χ1) is 14.0. The van der Waals surface area contributed by atoms with E-state index in [0.717, 1.165) is 5.56 Å². The van der Waals surface area contributed by atoms with Gasteiger partial charge in [-0.1, -0.05) is 50.2 Å². The zero-order valence-corrected chi connectivity index (χ0v) is 16.0. The SMILES string of the molecule is CC(C)c1ccc(Cn2cnc3c(cnn3-c3ccccc3[N+](=O)[O-])c2=O)cc1. The molecule has 0 aliphatic carbocycles. The molecule has 0 radical (unpaired) electrons. The van der Waals surface area contributed by atoms with Crippen molar-refractivity contribution in [2.45, 2.75) is 26.3 Å². The summed E-state index contributed by atoms with van der Waals surface area (Å²) in [6.45, 7) is 4.65. The molecule has 8 nitrogen and oxygen atoms in total. The minimum Gasteiger partial charge on any atom is -0.294 e. The van der Waals surface area contributed by atoms with Crippen LogP contribution in [0.15, 0.2) is 65.8 Å². The maximum atomic E-state index is 12.9. The van der Waals surface area contributed by atoms with Crippen molar-refractivity contribution in [1.29, 1.82) is 0 Å². The lowest BCUT2D eigenvalue weighted by molar-refractivity contribution is -0.384. The lowest BCUT2D eigenvalue weighted by Gasteiger charge is -2.09. The molecule has 2 aromatic carbocycles. The highest BCUT2D eigenvalue weighted by atomic mass is 16.6. The summed E-state index contributed by atoms with van der Waals surface area (Å²) in [6.07, 6.45) is 2.85. The van der Waals surface area contributed by atoms with E-state index in [0.29, 0.717) is 17.8 Å². The summed E-state index contributed by atoms with van der Waals surface area (Å²) < 4.78 is 2.84. The highest BCUT2D eigenvalue weighted by Crippen LogP contribution is 2.24. The van der Waals surface area contributed by atoms with Crippen LogP contribution in [0.1, 0.15) is 30.9 Å². The molecule has 0 aliphatic rings. The molecule has 0 N–H and O–H groups in total. The molecule has 0 atom stereocenters. The molecule has 4 aromatic rings. The Morgan fingerprint density at radius 3 is 2.52 bits per heavy atom. The lowest BCUT2D eigenvalue weighted by atomic mass is 10.0. The van der Waals surface area contributed by atoms with Gasteiger partial charge in [-0.05, 0) is 23.1 Å².